The molecule has 1 aliphatic carbocycles. The van der Waals surface area contributed by atoms with Crippen LogP contribution in [0.3, 0.4) is 0 Å². The van der Waals surface area contributed by atoms with Gasteiger partial charge in [-0.25, -0.2) is 0 Å². The van der Waals surface area contributed by atoms with Crippen LogP contribution in [-0.4, -0.2) is 40.9 Å². The van der Waals surface area contributed by atoms with Gasteiger partial charge in [-0.1, -0.05) is 23.7 Å². The highest BCUT2D eigenvalue weighted by atomic mass is 35.5. The Balaban J connectivity index is 1.72. The minimum Gasteiger partial charge on any atom is -0.493 e. The second kappa shape index (κ2) is 8.61. The van der Waals surface area contributed by atoms with Crippen molar-refractivity contribution in [3.8, 4) is 17.2 Å². The summed E-state index contributed by atoms with van der Waals surface area (Å²) >= 11 is 6.17. The Bertz CT molecular complexity index is 841. The first-order valence-corrected chi connectivity index (χ1v) is 9.47. The van der Waals surface area contributed by atoms with Crippen LogP contribution in [0.5, 0.6) is 17.2 Å². The second-order valence-corrected chi connectivity index (χ2v) is 7.19. The third kappa shape index (κ3) is 4.28. The van der Waals surface area contributed by atoms with E-state index < -0.39 is 0 Å². The van der Waals surface area contributed by atoms with Crippen molar-refractivity contribution in [2.45, 2.75) is 18.3 Å². The molecule has 7 heteroatoms. The second-order valence-electron chi connectivity index (χ2n) is 6.76. The summed E-state index contributed by atoms with van der Waals surface area (Å²) in [5.41, 5.74) is 2.16. The molecular formula is C21H26ClN3O3. The number of hydrogen-bond donors (Lipinski definition) is 2. The number of nitrogens with one attached hydrogen (secondary N) is 2. The molecule has 0 unspecified atom stereocenters. The largest absolute Gasteiger partial charge is 0.493 e. The fourth-order valence-corrected chi connectivity index (χ4v) is 3.45. The molecule has 0 atom stereocenters. The number of guanidine groups is 1. The maximum absolute atomic E-state index is 6.17. The van der Waals surface area contributed by atoms with Crippen LogP contribution in [0, 0.1) is 0 Å². The van der Waals surface area contributed by atoms with Gasteiger partial charge in [-0.15, -0.1) is 0 Å². The predicted octanol–water partition coefficient (Wildman–Crippen LogP) is 4.08. The first-order valence-electron chi connectivity index (χ1n) is 9.09. The van der Waals surface area contributed by atoms with Crippen molar-refractivity contribution in [1.29, 1.82) is 0 Å². The van der Waals surface area contributed by atoms with Gasteiger partial charge in [-0.2, -0.15) is 0 Å². The lowest BCUT2D eigenvalue weighted by Gasteiger charge is -2.20. The summed E-state index contributed by atoms with van der Waals surface area (Å²) in [5.74, 6) is 2.38. The molecule has 0 bridgehead atoms. The summed E-state index contributed by atoms with van der Waals surface area (Å²) in [5, 5.41) is 7.48. The van der Waals surface area contributed by atoms with E-state index in [0.29, 0.717) is 23.2 Å². The van der Waals surface area contributed by atoms with Crippen molar-refractivity contribution in [3.05, 3.63) is 47.0 Å². The van der Waals surface area contributed by atoms with Gasteiger partial charge in [0.1, 0.15) is 0 Å². The number of halogens is 1. The fourth-order valence-electron chi connectivity index (χ4n) is 3.26. The van der Waals surface area contributed by atoms with Gasteiger partial charge in [-0.05, 0) is 30.5 Å². The number of ether oxygens (including phenoxy) is 3. The third-order valence-electron chi connectivity index (χ3n) is 5.04. The van der Waals surface area contributed by atoms with E-state index in [9.17, 15) is 0 Å². The van der Waals surface area contributed by atoms with Crippen LogP contribution >= 0.6 is 11.6 Å². The van der Waals surface area contributed by atoms with Crippen LogP contribution < -0.4 is 24.8 Å². The highest BCUT2D eigenvalue weighted by molar-refractivity contribution is 6.30. The van der Waals surface area contributed by atoms with E-state index in [1.165, 1.54) is 5.56 Å². The number of aliphatic imine (C=N–C) groups is 1. The predicted molar refractivity (Wildman–Crippen MR) is 113 cm³/mol. The zero-order valence-electron chi connectivity index (χ0n) is 16.6. The van der Waals surface area contributed by atoms with Crippen LogP contribution in [0.1, 0.15) is 18.4 Å². The smallest absolute Gasteiger partial charge is 0.203 e. The van der Waals surface area contributed by atoms with E-state index in [0.717, 1.165) is 30.1 Å². The minimum atomic E-state index is 0.109. The third-order valence-corrected chi connectivity index (χ3v) is 5.27. The lowest BCUT2D eigenvalue weighted by atomic mass is 9.96. The van der Waals surface area contributed by atoms with E-state index in [-0.39, 0.29) is 5.41 Å². The van der Waals surface area contributed by atoms with E-state index in [1.807, 2.05) is 30.3 Å². The number of nitrogens with zero attached hydrogens (tertiary/aromatic N) is 1. The van der Waals surface area contributed by atoms with Crippen molar-refractivity contribution in [2.75, 3.05) is 40.2 Å². The summed E-state index contributed by atoms with van der Waals surface area (Å²) in [7, 11) is 6.51. The maximum atomic E-state index is 6.17. The van der Waals surface area contributed by atoms with Crippen LogP contribution in [0.2, 0.25) is 5.02 Å². The van der Waals surface area contributed by atoms with Crippen molar-refractivity contribution in [2.24, 2.45) is 4.99 Å². The van der Waals surface area contributed by atoms with E-state index in [2.05, 4.69) is 21.7 Å². The van der Waals surface area contributed by atoms with Gasteiger partial charge < -0.3 is 24.8 Å². The fraction of sp³-hybridized carbons (Fsp3) is 0.381. The Hall–Kier alpha value is -2.60. The molecule has 0 saturated heterocycles. The first-order chi connectivity index (χ1) is 13.5. The Morgan fingerprint density at radius 3 is 2.25 bits per heavy atom. The van der Waals surface area contributed by atoms with Gasteiger partial charge in [0.15, 0.2) is 17.5 Å². The van der Waals surface area contributed by atoms with Gasteiger partial charge in [-0.3, -0.25) is 4.99 Å². The van der Waals surface area contributed by atoms with Crippen molar-refractivity contribution in [1.82, 2.24) is 5.32 Å². The molecule has 3 rings (SSSR count). The molecule has 0 aliphatic heterocycles. The van der Waals surface area contributed by atoms with Crippen molar-refractivity contribution in [3.63, 3.8) is 0 Å². The Morgan fingerprint density at radius 2 is 1.75 bits per heavy atom. The van der Waals surface area contributed by atoms with Gasteiger partial charge in [0, 0.05) is 41.9 Å². The molecule has 0 radical (unpaired) electrons. The summed E-state index contributed by atoms with van der Waals surface area (Å²) < 4.78 is 16.2. The van der Waals surface area contributed by atoms with Gasteiger partial charge in [0.25, 0.3) is 0 Å². The quantitative estimate of drug-likeness (QED) is 0.538. The molecule has 1 aliphatic rings. The monoisotopic (exact) mass is 403 g/mol. The molecule has 2 N–H and O–H groups in total. The number of benzene rings is 2. The number of hydrogen-bond acceptors (Lipinski definition) is 4. The first kappa shape index (κ1) is 20.1. The van der Waals surface area contributed by atoms with Crippen molar-refractivity contribution >= 4 is 23.2 Å². The minimum absolute atomic E-state index is 0.109. The molecule has 150 valence electrons. The summed E-state index contributed by atoms with van der Waals surface area (Å²) in [6.45, 7) is 0.775. The molecule has 0 heterocycles. The number of anilines is 1. The number of rotatable bonds is 7. The SMILES string of the molecule is CN=C(NCC1(c2cccc(Cl)c2)CC1)Nc1cc(OC)c(OC)c(OC)c1. The Kier molecular flexibility index (Phi) is 6.19. The summed E-state index contributed by atoms with van der Waals surface area (Å²) in [6, 6.07) is 11.8. The van der Waals surface area contributed by atoms with Crippen molar-refractivity contribution < 1.29 is 14.2 Å². The summed E-state index contributed by atoms with van der Waals surface area (Å²) in [6.07, 6.45) is 2.25. The molecule has 28 heavy (non-hydrogen) atoms. The average molecular weight is 404 g/mol. The maximum Gasteiger partial charge on any atom is 0.203 e. The highest BCUT2D eigenvalue weighted by Crippen LogP contribution is 2.48. The molecule has 2 aromatic carbocycles. The van der Waals surface area contributed by atoms with Crippen LogP contribution in [-0.2, 0) is 5.41 Å². The van der Waals surface area contributed by atoms with E-state index in [4.69, 9.17) is 25.8 Å². The molecule has 6 nitrogen and oxygen atoms in total. The lowest BCUT2D eigenvalue weighted by Crippen LogP contribution is -2.36. The van der Waals surface area contributed by atoms with E-state index >= 15 is 0 Å². The zero-order chi connectivity index (χ0) is 20.1. The Labute approximate surface area is 170 Å². The van der Waals surface area contributed by atoms with Crippen LogP contribution in [0.15, 0.2) is 41.4 Å². The van der Waals surface area contributed by atoms with Gasteiger partial charge in [0.05, 0.1) is 21.3 Å². The van der Waals surface area contributed by atoms with Crippen LogP contribution in [0.25, 0.3) is 0 Å². The molecule has 0 aromatic heterocycles. The average Bonchev–Trinajstić information content (AvgIpc) is 3.51. The normalized spacial score (nSPS) is 15.0. The molecule has 1 saturated carbocycles. The molecule has 1 fully saturated rings. The standard InChI is InChI=1S/C21H26ClN3O3/c1-23-20(24-13-21(8-9-21)14-6-5-7-15(22)10-14)25-16-11-17(26-2)19(28-4)18(12-16)27-3/h5-7,10-12H,8-9,13H2,1-4H3,(H2,23,24,25). The molecule has 0 spiro atoms. The van der Waals surface area contributed by atoms with Gasteiger partial charge >= 0.3 is 0 Å². The zero-order valence-corrected chi connectivity index (χ0v) is 17.4. The van der Waals surface area contributed by atoms with Crippen LogP contribution in [0.4, 0.5) is 5.69 Å². The molecule has 2 aromatic rings. The Morgan fingerprint density at radius 1 is 1.07 bits per heavy atom. The van der Waals surface area contributed by atoms with Gasteiger partial charge in [0.2, 0.25) is 5.75 Å². The number of methoxy groups -OCH3 is 3. The lowest BCUT2D eigenvalue weighted by molar-refractivity contribution is 0.324. The highest BCUT2D eigenvalue weighted by Gasteiger charge is 2.44. The summed E-state index contributed by atoms with van der Waals surface area (Å²) in [4.78, 5) is 4.33. The van der Waals surface area contributed by atoms with E-state index in [1.54, 1.807) is 28.4 Å². The topological polar surface area (TPSA) is 64.1 Å². The molecule has 0 amide bonds. The molecular weight excluding hydrogens is 378 g/mol.